The highest BCUT2D eigenvalue weighted by molar-refractivity contribution is 6.53. The van der Waals surface area contributed by atoms with Gasteiger partial charge in [0.05, 0.1) is 11.3 Å². The van der Waals surface area contributed by atoms with Crippen LogP contribution in [0.15, 0.2) is 83.5 Å². The number of anilines is 2. The Bertz CT molecular complexity index is 1270. The third-order valence-electron chi connectivity index (χ3n) is 5.02. The number of imide groups is 1. The molecule has 6 nitrogen and oxygen atoms in total. The summed E-state index contributed by atoms with van der Waals surface area (Å²) in [6.45, 7) is 2.02. The summed E-state index contributed by atoms with van der Waals surface area (Å²) in [5.74, 6) is -1.27. The molecule has 0 fully saturated rings. The van der Waals surface area contributed by atoms with Crippen LogP contribution >= 0.6 is 23.2 Å². The third-order valence-corrected chi connectivity index (χ3v) is 5.62. The summed E-state index contributed by atoms with van der Waals surface area (Å²) >= 11 is 12.0. The molecule has 3 aromatic carbocycles. The lowest BCUT2D eigenvalue weighted by molar-refractivity contribution is -0.120. The standard InChI is InChI=1S/C25H18Cl2N2O4/c1-2-15-4-3-5-20(14-15)33-25(32)16-6-10-18(11-7-16)28-22-21(27)23(30)29(24(22)31)19-12-8-17(26)9-13-19/h3-14,28H,2H2,1H3. The van der Waals surface area contributed by atoms with E-state index in [1.165, 1.54) is 0 Å². The zero-order valence-electron chi connectivity index (χ0n) is 17.5. The summed E-state index contributed by atoms with van der Waals surface area (Å²) in [5, 5.41) is 3.12. The quantitative estimate of drug-likeness (QED) is 0.284. The van der Waals surface area contributed by atoms with Crippen molar-refractivity contribution in [3.05, 3.63) is 99.7 Å². The molecule has 0 atom stereocenters. The fourth-order valence-corrected chi connectivity index (χ4v) is 3.60. The van der Waals surface area contributed by atoms with Gasteiger partial charge >= 0.3 is 5.97 Å². The van der Waals surface area contributed by atoms with Crippen molar-refractivity contribution in [2.24, 2.45) is 0 Å². The SMILES string of the molecule is CCc1cccc(OC(=O)c2ccc(NC3=C(Cl)C(=O)N(c4ccc(Cl)cc4)C3=O)cc2)c1. The number of nitrogens with zero attached hydrogens (tertiary/aromatic N) is 1. The Hall–Kier alpha value is -3.61. The maximum Gasteiger partial charge on any atom is 0.343 e. The van der Waals surface area contributed by atoms with Gasteiger partial charge in [-0.2, -0.15) is 0 Å². The number of halogens is 2. The van der Waals surface area contributed by atoms with Crippen molar-refractivity contribution in [2.75, 3.05) is 10.2 Å². The number of carbonyl (C=O) groups excluding carboxylic acids is 3. The minimum Gasteiger partial charge on any atom is -0.423 e. The van der Waals surface area contributed by atoms with Crippen molar-refractivity contribution in [1.29, 1.82) is 0 Å². The maximum absolute atomic E-state index is 12.8. The van der Waals surface area contributed by atoms with E-state index < -0.39 is 17.8 Å². The van der Waals surface area contributed by atoms with E-state index in [1.807, 2.05) is 25.1 Å². The van der Waals surface area contributed by atoms with Gasteiger partial charge in [-0.1, -0.05) is 42.3 Å². The highest BCUT2D eigenvalue weighted by Crippen LogP contribution is 2.30. The first-order valence-corrected chi connectivity index (χ1v) is 10.9. The molecular formula is C25H18Cl2N2O4. The lowest BCUT2D eigenvalue weighted by atomic mass is 10.1. The molecule has 0 unspecified atom stereocenters. The largest absolute Gasteiger partial charge is 0.423 e. The van der Waals surface area contributed by atoms with Crippen molar-refractivity contribution >= 4 is 52.4 Å². The summed E-state index contributed by atoms with van der Waals surface area (Å²) in [6.07, 6.45) is 0.834. The van der Waals surface area contributed by atoms with Gasteiger partial charge in [-0.05, 0) is 72.6 Å². The molecule has 1 aliphatic rings. The second kappa shape index (κ2) is 9.48. The average Bonchev–Trinajstić information content (AvgIpc) is 3.03. The fourth-order valence-electron chi connectivity index (χ4n) is 3.26. The van der Waals surface area contributed by atoms with Gasteiger partial charge in [0.15, 0.2) is 0 Å². The van der Waals surface area contributed by atoms with Crippen LogP contribution in [0.1, 0.15) is 22.8 Å². The van der Waals surface area contributed by atoms with E-state index in [0.717, 1.165) is 16.9 Å². The highest BCUT2D eigenvalue weighted by Gasteiger charge is 2.38. The number of esters is 1. The van der Waals surface area contributed by atoms with E-state index in [4.69, 9.17) is 27.9 Å². The fraction of sp³-hybridized carbons (Fsp3) is 0.0800. The Morgan fingerprint density at radius 1 is 0.939 bits per heavy atom. The lowest BCUT2D eigenvalue weighted by Crippen LogP contribution is -2.32. The molecule has 0 spiro atoms. The average molecular weight is 481 g/mol. The number of carbonyl (C=O) groups is 3. The van der Waals surface area contributed by atoms with Crippen molar-refractivity contribution in [3.8, 4) is 5.75 Å². The Balaban J connectivity index is 1.47. The second-order valence-corrected chi connectivity index (χ2v) is 8.02. The molecule has 0 saturated carbocycles. The molecule has 1 N–H and O–H groups in total. The molecule has 0 radical (unpaired) electrons. The van der Waals surface area contributed by atoms with Gasteiger partial charge in [0.2, 0.25) is 0 Å². The molecule has 1 aliphatic heterocycles. The van der Waals surface area contributed by atoms with Crippen LogP contribution < -0.4 is 15.0 Å². The van der Waals surface area contributed by atoms with Crippen LogP contribution in [0, 0.1) is 0 Å². The Labute approximate surface area is 200 Å². The zero-order chi connectivity index (χ0) is 23.5. The summed E-state index contributed by atoms with van der Waals surface area (Å²) in [7, 11) is 0. The van der Waals surface area contributed by atoms with E-state index in [9.17, 15) is 14.4 Å². The van der Waals surface area contributed by atoms with Crippen LogP contribution in [0.4, 0.5) is 11.4 Å². The van der Waals surface area contributed by atoms with E-state index in [2.05, 4.69) is 5.32 Å². The molecule has 8 heteroatoms. The molecule has 0 saturated heterocycles. The van der Waals surface area contributed by atoms with Gasteiger partial charge in [-0.3, -0.25) is 9.59 Å². The zero-order valence-corrected chi connectivity index (χ0v) is 19.0. The molecule has 4 rings (SSSR count). The van der Waals surface area contributed by atoms with Crippen LogP contribution in [0.2, 0.25) is 5.02 Å². The first-order chi connectivity index (χ1) is 15.9. The number of nitrogens with one attached hydrogen (secondary N) is 1. The Kier molecular flexibility index (Phi) is 6.49. The number of hydrogen-bond acceptors (Lipinski definition) is 5. The highest BCUT2D eigenvalue weighted by atomic mass is 35.5. The molecule has 2 amide bonds. The van der Waals surface area contributed by atoms with Crippen molar-refractivity contribution < 1.29 is 19.1 Å². The van der Waals surface area contributed by atoms with Gasteiger partial charge in [0, 0.05) is 10.7 Å². The van der Waals surface area contributed by atoms with E-state index in [-0.39, 0.29) is 10.7 Å². The van der Waals surface area contributed by atoms with Crippen molar-refractivity contribution in [3.63, 3.8) is 0 Å². The monoisotopic (exact) mass is 480 g/mol. The number of ether oxygens (including phenoxy) is 1. The van der Waals surface area contributed by atoms with E-state index >= 15 is 0 Å². The predicted molar refractivity (Wildman–Crippen MR) is 128 cm³/mol. The molecule has 0 aliphatic carbocycles. The normalized spacial score (nSPS) is 13.5. The molecule has 1 heterocycles. The molecule has 0 bridgehead atoms. The minimum atomic E-state index is -0.638. The van der Waals surface area contributed by atoms with Crippen molar-refractivity contribution in [1.82, 2.24) is 0 Å². The smallest absolute Gasteiger partial charge is 0.343 e. The van der Waals surface area contributed by atoms with Crippen LogP contribution in [0.25, 0.3) is 0 Å². The Morgan fingerprint density at radius 3 is 2.30 bits per heavy atom. The van der Waals surface area contributed by atoms with Crippen LogP contribution in [0.5, 0.6) is 5.75 Å². The Morgan fingerprint density at radius 2 is 1.64 bits per heavy atom. The third kappa shape index (κ3) is 4.77. The van der Waals surface area contributed by atoms with Crippen LogP contribution in [-0.4, -0.2) is 17.8 Å². The van der Waals surface area contributed by atoms with Crippen LogP contribution in [-0.2, 0) is 16.0 Å². The molecule has 33 heavy (non-hydrogen) atoms. The first kappa shape index (κ1) is 22.6. The minimum absolute atomic E-state index is 0.0525. The summed E-state index contributed by atoms with van der Waals surface area (Å²) in [5.41, 5.74) is 2.18. The molecule has 0 aromatic heterocycles. The first-order valence-electron chi connectivity index (χ1n) is 10.1. The van der Waals surface area contributed by atoms with Gasteiger partial charge in [-0.15, -0.1) is 0 Å². The van der Waals surface area contributed by atoms with Gasteiger partial charge in [-0.25, -0.2) is 9.69 Å². The summed E-state index contributed by atoms with van der Waals surface area (Å²) in [4.78, 5) is 38.8. The number of benzene rings is 3. The van der Waals surface area contributed by atoms with Crippen molar-refractivity contribution in [2.45, 2.75) is 13.3 Å². The van der Waals surface area contributed by atoms with Crippen LogP contribution in [0.3, 0.4) is 0 Å². The summed E-state index contributed by atoms with van der Waals surface area (Å²) in [6, 6.07) is 19.9. The van der Waals surface area contributed by atoms with E-state index in [1.54, 1.807) is 54.6 Å². The second-order valence-electron chi connectivity index (χ2n) is 7.20. The maximum atomic E-state index is 12.8. The topological polar surface area (TPSA) is 75.7 Å². The molecule has 166 valence electrons. The number of rotatable bonds is 6. The van der Waals surface area contributed by atoms with Gasteiger partial charge in [0.1, 0.15) is 16.5 Å². The number of aryl methyl sites for hydroxylation is 1. The van der Waals surface area contributed by atoms with Gasteiger partial charge < -0.3 is 10.1 Å². The number of amides is 2. The van der Waals surface area contributed by atoms with Gasteiger partial charge in [0.25, 0.3) is 11.8 Å². The molecule has 3 aromatic rings. The molecular weight excluding hydrogens is 463 g/mol. The van der Waals surface area contributed by atoms with E-state index in [0.29, 0.717) is 27.7 Å². The predicted octanol–water partition coefficient (Wildman–Crippen LogP) is 5.56. The lowest BCUT2D eigenvalue weighted by Gasteiger charge is -2.15. The summed E-state index contributed by atoms with van der Waals surface area (Å²) < 4.78 is 5.43. The number of hydrogen-bond donors (Lipinski definition) is 1.